The Kier molecular flexibility index (Phi) is 4.87. The molecule has 1 aliphatic carbocycles. The zero-order valence-corrected chi connectivity index (χ0v) is 14.1. The first-order valence-corrected chi connectivity index (χ1v) is 8.15. The zero-order valence-electron chi connectivity index (χ0n) is 14.1. The maximum absolute atomic E-state index is 6.19. The normalized spacial score (nSPS) is 20.2. The van der Waals surface area contributed by atoms with Crippen molar-refractivity contribution in [3.8, 4) is 0 Å². The van der Waals surface area contributed by atoms with Crippen LogP contribution in [0.1, 0.15) is 64.9 Å². The molecule has 0 radical (unpaired) electrons. The van der Waals surface area contributed by atoms with E-state index in [2.05, 4.69) is 33.0 Å². The van der Waals surface area contributed by atoms with Crippen LogP contribution >= 0.6 is 0 Å². The molecule has 0 unspecified atom stereocenters. The summed E-state index contributed by atoms with van der Waals surface area (Å²) in [5, 5.41) is 3.30. The van der Waals surface area contributed by atoms with Gasteiger partial charge >= 0.3 is 0 Å². The smallest absolute Gasteiger partial charge is 0.162 e. The maximum atomic E-state index is 6.19. The Labute approximate surface area is 128 Å². The van der Waals surface area contributed by atoms with Crippen molar-refractivity contribution in [2.45, 2.75) is 65.9 Å². The number of aryl methyl sites for hydroxylation is 1. The van der Waals surface area contributed by atoms with Crippen molar-refractivity contribution in [2.75, 3.05) is 18.5 Å². The standard InChI is InChI=1S/C17H29N3O/c1-6-18-14-12-13(3)19-15(20-14)17(21-7-2)10-8-16(4,5)9-11-17/h12H,6-11H2,1-5H3,(H,18,19,20). The van der Waals surface area contributed by atoms with Gasteiger partial charge in [0.25, 0.3) is 0 Å². The first-order valence-electron chi connectivity index (χ1n) is 8.15. The summed E-state index contributed by atoms with van der Waals surface area (Å²) in [6.45, 7) is 12.4. The van der Waals surface area contributed by atoms with E-state index >= 15 is 0 Å². The van der Waals surface area contributed by atoms with Crippen LogP contribution in [-0.2, 0) is 10.3 Å². The Morgan fingerprint density at radius 3 is 2.38 bits per heavy atom. The highest BCUT2D eigenvalue weighted by Gasteiger charge is 2.42. The van der Waals surface area contributed by atoms with Gasteiger partial charge in [0.15, 0.2) is 5.82 Å². The molecule has 0 atom stereocenters. The second-order valence-electron chi connectivity index (χ2n) is 6.84. The summed E-state index contributed by atoms with van der Waals surface area (Å²) >= 11 is 0. The predicted molar refractivity (Wildman–Crippen MR) is 86.5 cm³/mol. The number of ether oxygens (including phenoxy) is 1. The molecule has 4 heteroatoms. The molecule has 0 aliphatic heterocycles. The summed E-state index contributed by atoms with van der Waals surface area (Å²) in [6, 6.07) is 2.00. The molecule has 0 bridgehead atoms. The van der Waals surface area contributed by atoms with Gasteiger partial charge in [0.05, 0.1) is 0 Å². The number of nitrogens with one attached hydrogen (secondary N) is 1. The largest absolute Gasteiger partial charge is 0.370 e. The number of nitrogens with zero attached hydrogens (tertiary/aromatic N) is 2. The summed E-state index contributed by atoms with van der Waals surface area (Å²) < 4.78 is 6.19. The minimum atomic E-state index is -0.305. The van der Waals surface area contributed by atoms with Crippen molar-refractivity contribution in [3.63, 3.8) is 0 Å². The second kappa shape index (κ2) is 6.30. The minimum absolute atomic E-state index is 0.305. The van der Waals surface area contributed by atoms with E-state index in [9.17, 15) is 0 Å². The van der Waals surface area contributed by atoms with E-state index in [1.807, 2.05) is 13.0 Å². The number of hydrogen-bond donors (Lipinski definition) is 1. The number of aromatic nitrogens is 2. The minimum Gasteiger partial charge on any atom is -0.370 e. The zero-order chi connectivity index (χ0) is 15.5. The molecule has 21 heavy (non-hydrogen) atoms. The Bertz CT molecular complexity index is 475. The van der Waals surface area contributed by atoms with Gasteiger partial charge in [-0.05, 0) is 51.9 Å². The molecule has 4 nitrogen and oxygen atoms in total. The number of hydrogen-bond acceptors (Lipinski definition) is 4. The molecule has 1 fully saturated rings. The molecule has 1 heterocycles. The fourth-order valence-corrected chi connectivity index (χ4v) is 3.08. The molecular formula is C17H29N3O. The van der Waals surface area contributed by atoms with Crippen LogP contribution < -0.4 is 5.32 Å². The first-order chi connectivity index (χ1) is 9.91. The van der Waals surface area contributed by atoms with Crippen molar-refractivity contribution >= 4 is 5.82 Å². The van der Waals surface area contributed by atoms with Gasteiger partial charge in [-0.3, -0.25) is 0 Å². The van der Waals surface area contributed by atoms with Crippen LogP contribution in [0.2, 0.25) is 0 Å². The van der Waals surface area contributed by atoms with Crippen LogP contribution in [0.3, 0.4) is 0 Å². The van der Waals surface area contributed by atoms with E-state index in [-0.39, 0.29) is 5.60 Å². The first kappa shape index (κ1) is 16.2. The lowest BCUT2D eigenvalue weighted by Gasteiger charge is -2.42. The summed E-state index contributed by atoms with van der Waals surface area (Å²) in [5.74, 6) is 1.76. The molecule has 0 aromatic carbocycles. The van der Waals surface area contributed by atoms with Crippen molar-refractivity contribution in [2.24, 2.45) is 5.41 Å². The second-order valence-corrected chi connectivity index (χ2v) is 6.84. The Balaban J connectivity index is 2.34. The van der Waals surface area contributed by atoms with E-state index in [4.69, 9.17) is 14.7 Å². The van der Waals surface area contributed by atoms with Gasteiger partial charge in [0.2, 0.25) is 0 Å². The molecular weight excluding hydrogens is 262 g/mol. The predicted octanol–water partition coefficient (Wildman–Crippen LogP) is 4.05. The average Bonchev–Trinajstić information content (AvgIpc) is 2.41. The molecule has 118 valence electrons. The molecule has 1 aromatic heterocycles. The fourth-order valence-electron chi connectivity index (χ4n) is 3.08. The Hall–Kier alpha value is -1.16. The lowest BCUT2D eigenvalue weighted by Crippen LogP contribution is -2.39. The van der Waals surface area contributed by atoms with Crippen LogP contribution in [-0.4, -0.2) is 23.1 Å². The number of anilines is 1. The molecule has 1 saturated carbocycles. The summed E-state index contributed by atoms with van der Waals surface area (Å²) in [5.41, 5.74) is 1.09. The molecule has 2 rings (SSSR count). The van der Waals surface area contributed by atoms with Crippen LogP contribution in [0, 0.1) is 12.3 Å². The lowest BCUT2D eigenvalue weighted by atomic mass is 9.70. The van der Waals surface area contributed by atoms with E-state index in [1.165, 1.54) is 0 Å². The average molecular weight is 291 g/mol. The van der Waals surface area contributed by atoms with Crippen LogP contribution in [0.4, 0.5) is 5.82 Å². The Morgan fingerprint density at radius 1 is 1.14 bits per heavy atom. The van der Waals surface area contributed by atoms with E-state index < -0.39 is 0 Å². The maximum Gasteiger partial charge on any atom is 0.162 e. The van der Waals surface area contributed by atoms with Crippen LogP contribution in [0.25, 0.3) is 0 Å². The third kappa shape index (κ3) is 3.73. The van der Waals surface area contributed by atoms with Gasteiger partial charge in [-0.1, -0.05) is 13.8 Å². The SMILES string of the molecule is CCNc1cc(C)nc(C2(OCC)CCC(C)(C)CC2)n1. The third-order valence-electron chi connectivity index (χ3n) is 4.45. The molecule has 0 saturated heterocycles. The van der Waals surface area contributed by atoms with Gasteiger partial charge in [-0.25, -0.2) is 9.97 Å². The summed E-state index contributed by atoms with van der Waals surface area (Å²) in [7, 11) is 0. The van der Waals surface area contributed by atoms with Crippen molar-refractivity contribution in [3.05, 3.63) is 17.6 Å². The van der Waals surface area contributed by atoms with Crippen molar-refractivity contribution in [1.82, 2.24) is 9.97 Å². The van der Waals surface area contributed by atoms with Gasteiger partial charge in [0.1, 0.15) is 11.4 Å². The molecule has 0 amide bonds. The van der Waals surface area contributed by atoms with Gasteiger partial charge in [-0.2, -0.15) is 0 Å². The quantitative estimate of drug-likeness (QED) is 0.889. The third-order valence-corrected chi connectivity index (χ3v) is 4.45. The highest BCUT2D eigenvalue weighted by Crippen LogP contribution is 2.46. The van der Waals surface area contributed by atoms with Crippen LogP contribution in [0.5, 0.6) is 0 Å². The highest BCUT2D eigenvalue weighted by molar-refractivity contribution is 5.36. The van der Waals surface area contributed by atoms with Crippen molar-refractivity contribution in [1.29, 1.82) is 0 Å². The van der Waals surface area contributed by atoms with E-state index in [1.54, 1.807) is 0 Å². The molecule has 1 aromatic rings. The summed E-state index contributed by atoms with van der Waals surface area (Å²) in [4.78, 5) is 9.44. The van der Waals surface area contributed by atoms with Gasteiger partial charge in [-0.15, -0.1) is 0 Å². The lowest BCUT2D eigenvalue weighted by molar-refractivity contribution is -0.0948. The Morgan fingerprint density at radius 2 is 1.81 bits per heavy atom. The van der Waals surface area contributed by atoms with E-state index in [0.717, 1.165) is 49.6 Å². The van der Waals surface area contributed by atoms with E-state index in [0.29, 0.717) is 12.0 Å². The van der Waals surface area contributed by atoms with Gasteiger partial charge < -0.3 is 10.1 Å². The summed E-state index contributed by atoms with van der Waals surface area (Å²) in [6.07, 6.45) is 4.31. The van der Waals surface area contributed by atoms with Crippen LogP contribution in [0.15, 0.2) is 6.07 Å². The topological polar surface area (TPSA) is 47.0 Å². The number of rotatable bonds is 5. The van der Waals surface area contributed by atoms with Gasteiger partial charge in [0, 0.05) is 24.9 Å². The monoisotopic (exact) mass is 291 g/mol. The molecule has 1 aliphatic rings. The highest BCUT2D eigenvalue weighted by atomic mass is 16.5. The molecule has 0 spiro atoms. The molecule has 1 N–H and O–H groups in total. The fraction of sp³-hybridized carbons (Fsp3) is 0.765. The van der Waals surface area contributed by atoms with Crippen molar-refractivity contribution < 1.29 is 4.74 Å².